The van der Waals surface area contributed by atoms with Crippen molar-refractivity contribution >= 4 is 0 Å². The molecule has 106 valence electrons. The molecule has 1 aromatic carbocycles. The molecular weight excluding hydrogens is 238 g/mol. The highest BCUT2D eigenvalue weighted by molar-refractivity contribution is 5.30. The van der Waals surface area contributed by atoms with Crippen LogP contribution in [-0.4, -0.2) is 32.4 Å². The Bertz CT molecular complexity index is 373. The molecule has 0 spiro atoms. The van der Waals surface area contributed by atoms with Crippen molar-refractivity contribution in [2.75, 3.05) is 20.3 Å². The lowest BCUT2D eigenvalue weighted by atomic mass is 9.94. The van der Waals surface area contributed by atoms with Crippen LogP contribution in [-0.2, 0) is 4.74 Å². The maximum atomic E-state index is 5.77. The van der Waals surface area contributed by atoms with Gasteiger partial charge in [0.05, 0.1) is 12.7 Å². The molecule has 19 heavy (non-hydrogen) atoms. The lowest BCUT2D eigenvalue weighted by Gasteiger charge is -2.22. The van der Waals surface area contributed by atoms with Crippen LogP contribution in [0.4, 0.5) is 0 Å². The fourth-order valence-electron chi connectivity index (χ4n) is 2.08. The van der Waals surface area contributed by atoms with E-state index in [1.54, 1.807) is 7.11 Å². The van der Waals surface area contributed by atoms with E-state index < -0.39 is 0 Å². The molecule has 0 saturated heterocycles. The second kappa shape index (κ2) is 6.92. The smallest absolute Gasteiger partial charge is 0.119 e. The first kappa shape index (κ1) is 14.4. The van der Waals surface area contributed by atoms with Crippen molar-refractivity contribution in [3.8, 4) is 5.75 Å². The third-order valence-corrected chi connectivity index (χ3v) is 3.76. The molecule has 2 atom stereocenters. The Morgan fingerprint density at radius 3 is 2.47 bits per heavy atom. The number of methoxy groups -OCH3 is 1. The minimum absolute atomic E-state index is 0.436. The van der Waals surface area contributed by atoms with Crippen molar-refractivity contribution in [1.82, 2.24) is 5.32 Å². The van der Waals surface area contributed by atoms with Gasteiger partial charge < -0.3 is 14.8 Å². The average Bonchev–Trinajstić information content (AvgIpc) is 3.23. The predicted molar refractivity (Wildman–Crippen MR) is 77.8 cm³/mol. The topological polar surface area (TPSA) is 30.5 Å². The maximum Gasteiger partial charge on any atom is 0.119 e. The van der Waals surface area contributed by atoms with E-state index in [0.717, 1.165) is 18.9 Å². The Balaban J connectivity index is 1.84. The minimum Gasteiger partial charge on any atom is -0.490 e. The molecule has 0 aromatic heterocycles. The molecule has 1 saturated carbocycles. The van der Waals surface area contributed by atoms with Crippen molar-refractivity contribution < 1.29 is 9.47 Å². The SMILES string of the molecule is COCCNC(C)C(C)c1ccc(OC2CC2)cc1. The molecule has 1 fully saturated rings. The molecule has 1 aliphatic carbocycles. The van der Waals surface area contributed by atoms with Crippen LogP contribution in [0.3, 0.4) is 0 Å². The molecule has 0 radical (unpaired) electrons. The van der Waals surface area contributed by atoms with Gasteiger partial charge >= 0.3 is 0 Å². The Morgan fingerprint density at radius 2 is 1.89 bits per heavy atom. The van der Waals surface area contributed by atoms with E-state index in [9.17, 15) is 0 Å². The summed E-state index contributed by atoms with van der Waals surface area (Å²) in [6.45, 7) is 6.12. The number of hydrogen-bond donors (Lipinski definition) is 1. The van der Waals surface area contributed by atoms with Gasteiger partial charge in [0.15, 0.2) is 0 Å². The van der Waals surface area contributed by atoms with Gasteiger partial charge in [0.1, 0.15) is 5.75 Å². The zero-order valence-corrected chi connectivity index (χ0v) is 12.2. The first-order chi connectivity index (χ1) is 9.20. The van der Waals surface area contributed by atoms with Gasteiger partial charge in [-0.3, -0.25) is 0 Å². The summed E-state index contributed by atoms with van der Waals surface area (Å²) in [5.41, 5.74) is 1.35. The largest absolute Gasteiger partial charge is 0.490 e. The van der Waals surface area contributed by atoms with Crippen LogP contribution in [0.25, 0.3) is 0 Å². The number of ether oxygens (including phenoxy) is 2. The van der Waals surface area contributed by atoms with Gasteiger partial charge in [-0.15, -0.1) is 0 Å². The number of benzene rings is 1. The Hall–Kier alpha value is -1.06. The fraction of sp³-hybridized carbons (Fsp3) is 0.625. The Morgan fingerprint density at radius 1 is 1.21 bits per heavy atom. The van der Waals surface area contributed by atoms with Crippen LogP contribution in [0.15, 0.2) is 24.3 Å². The predicted octanol–water partition coefficient (Wildman–Crippen LogP) is 2.96. The lowest BCUT2D eigenvalue weighted by Crippen LogP contribution is -2.33. The van der Waals surface area contributed by atoms with Gasteiger partial charge in [-0.25, -0.2) is 0 Å². The molecule has 0 heterocycles. The molecule has 3 nitrogen and oxygen atoms in total. The molecule has 1 N–H and O–H groups in total. The third-order valence-electron chi connectivity index (χ3n) is 3.76. The summed E-state index contributed by atoms with van der Waals surface area (Å²) >= 11 is 0. The van der Waals surface area contributed by atoms with Crippen LogP contribution in [0.5, 0.6) is 5.75 Å². The van der Waals surface area contributed by atoms with E-state index in [0.29, 0.717) is 18.1 Å². The van der Waals surface area contributed by atoms with E-state index in [2.05, 4.69) is 43.4 Å². The van der Waals surface area contributed by atoms with Gasteiger partial charge in [0.2, 0.25) is 0 Å². The minimum atomic E-state index is 0.436. The van der Waals surface area contributed by atoms with E-state index in [1.165, 1.54) is 18.4 Å². The maximum absolute atomic E-state index is 5.77. The van der Waals surface area contributed by atoms with Gasteiger partial charge in [-0.2, -0.15) is 0 Å². The van der Waals surface area contributed by atoms with Gasteiger partial charge in [0.25, 0.3) is 0 Å². The summed E-state index contributed by atoms with van der Waals surface area (Å²) in [5.74, 6) is 1.48. The number of hydrogen-bond acceptors (Lipinski definition) is 3. The first-order valence-electron chi connectivity index (χ1n) is 7.19. The molecule has 1 aromatic rings. The van der Waals surface area contributed by atoms with E-state index in [4.69, 9.17) is 9.47 Å². The molecule has 1 aliphatic rings. The molecule has 0 aliphatic heterocycles. The first-order valence-corrected chi connectivity index (χ1v) is 7.19. The molecule has 2 unspecified atom stereocenters. The summed E-state index contributed by atoms with van der Waals surface area (Å²) < 4.78 is 10.8. The fourth-order valence-corrected chi connectivity index (χ4v) is 2.08. The highest BCUT2D eigenvalue weighted by Gasteiger charge is 2.23. The van der Waals surface area contributed by atoms with Gasteiger partial charge in [-0.05, 0) is 43.4 Å². The highest BCUT2D eigenvalue weighted by Crippen LogP contribution is 2.28. The summed E-state index contributed by atoms with van der Waals surface area (Å²) in [7, 11) is 1.73. The van der Waals surface area contributed by atoms with Crippen LogP contribution in [0.2, 0.25) is 0 Å². The van der Waals surface area contributed by atoms with E-state index in [-0.39, 0.29) is 0 Å². The zero-order chi connectivity index (χ0) is 13.7. The van der Waals surface area contributed by atoms with E-state index >= 15 is 0 Å². The third kappa shape index (κ3) is 4.51. The molecular formula is C16H25NO2. The van der Waals surface area contributed by atoms with Crippen molar-refractivity contribution in [2.45, 2.75) is 44.8 Å². The van der Waals surface area contributed by atoms with Crippen molar-refractivity contribution in [2.24, 2.45) is 0 Å². The standard InChI is InChI=1S/C16H25NO2/c1-12(13(2)17-10-11-18-3)14-4-6-15(7-5-14)19-16-8-9-16/h4-7,12-13,16-17H,8-11H2,1-3H3. The van der Waals surface area contributed by atoms with Gasteiger partial charge in [0, 0.05) is 19.7 Å². The van der Waals surface area contributed by atoms with Crippen LogP contribution < -0.4 is 10.1 Å². The van der Waals surface area contributed by atoms with Crippen molar-refractivity contribution in [3.63, 3.8) is 0 Å². The van der Waals surface area contributed by atoms with Crippen molar-refractivity contribution in [3.05, 3.63) is 29.8 Å². The van der Waals surface area contributed by atoms with Crippen LogP contribution in [0.1, 0.15) is 38.2 Å². The second-order valence-corrected chi connectivity index (χ2v) is 5.41. The average molecular weight is 263 g/mol. The monoisotopic (exact) mass is 263 g/mol. The molecule has 0 amide bonds. The second-order valence-electron chi connectivity index (χ2n) is 5.41. The normalized spacial score (nSPS) is 18.1. The highest BCUT2D eigenvalue weighted by atomic mass is 16.5. The summed E-state index contributed by atoms with van der Waals surface area (Å²) in [5, 5.41) is 3.48. The molecule has 0 bridgehead atoms. The summed E-state index contributed by atoms with van der Waals surface area (Å²) in [4.78, 5) is 0. The summed E-state index contributed by atoms with van der Waals surface area (Å²) in [6, 6.07) is 8.97. The summed E-state index contributed by atoms with van der Waals surface area (Å²) in [6.07, 6.45) is 2.88. The Kier molecular flexibility index (Phi) is 5.23. The van der Waals surface area contributed by atoms with Gasteiger partial charge in [-0.1, -0.05) is 19.1 Å². The Labute approximate surface area is 116 Å². The van der Waals surface area contributed by atoms with Crippen LogP contribution >= 0.6 is 0 Å². The van der Waals surface area contributed by atoms with Crippen molar-refractivity contribution in [1.29, 1.82) is 0 Å². The molecule has 3 heteroatoms. The quantitative estimate of drug-likeness (QED) is 0.731. The number of rotatable bonds is 8. The number of nitrogens with one attached hydrogen (secondary N) is 1. The zero-order valence-electron chi connectivity index (χ0n) is 12.2. The van der Waals surface area contributed by atoms with E-state index in [1.807, 2.05) is 0 Å². The lowest BCUT2D eigenvalue weighted by molar-refractivity contribution is 0.195. The molecule has 2 rings (SSSR count). The van der Waals surface area contributed by atoms with Crippen LogP contribution in [0, 0.1) is 0 Å².